The van der Waals surface area contributed by atoms with E-state index in [1.54, 1.807) is 0 Å². The Balaban J connectivity index is 2.06. The number of halogens is 1. The first-order valence-electron chi connectivity index (χ1n) is 6.70. The first-order valence-corrected chi connectivity index (χ1v) is 7.08. The summed E-state index contributed by atoms with van der Waals surface area (Å²) in [6.45, 7) is 6.32. The third kappa shape index (κ3) is 2.09. The maximum absolute atomic E-state index is 12.2. The van der Waals surface area contributed by atoms with Gasteiger partial charge in [-0.15, -0.1) is 0 Å². The number of benzene rings is 1. The molecule has 1 unspecified atom stereocenters. The number of likely N-dealkylation sites (tertiary alicyclic amines) is 1. The molecule has 0 bridgehead atoms. The van der Waals surface area contributed by atoms with E-state index in [2.05, 4.69) is 23.7 Å². The molecule has 1 aromatic carbocycles. The van der Waals surface area contributed by atoms with Crippen LogP contribution >= 0.6 is 11.6 Å². The van der Waals surface area contributed by atoms with Gasteiger partial charge in [-0.05, 0) is 32.4 Å². The molecule has 1 aromatic heterocycles. The summed E-state index contributed by atoms with van der Waals surface area (Å²) in [6, 6.07) is 6.32. The number of hydrogen-bond donors (Lipinski definition) is 1. The number of nitrogens with zero attached hydrogens (tertiary/aromatic N) is 2. The standard InChI is InChI=1S/C14H18ClN3O/c1-9(2)17-7-6-10(8-17)18-13-11(15)4-3-5-12(13)16-14(18)19/h3-5,9-10H,6-8H2,1-2H3,(H,16,19). The lowest BCUT2D eigenvalue weighted by Crippen LogP contribution is -2.30. The molecule has 1 aliphatic rings. The molecule has 0 saturated carbocycles. The summed E-state index contributed by atoms with van der Waals surface area (Å²) >= 11 is 6.26. The predicted octanol–water partition coefficient (Wildman–Crippen LogP) is 2.64. The molecular formula is C14H18ClN3O. The van der Waals surface area contributed by atoms with E-state index < -0.39 is 0 Å². The van der Waals surface area contributed by atoms with Crippen LogP contribution in [-0.2, 0) is 0 Å². The van der Waals surface area contributed by atoms with Crippen LogP contribution in [0.1, 0.15) is 26.3 Å². The van der Waals surface area contributed by atoms with Crippen molar-refractivity contribution in [2.45, 2.75) is 32.4 Å². The summed E-state index contributed by atoms with van der Waals surface area (Å²) in [6.07, 6.45) is 0.996. The number of H-pyrrole nitrogens is 1. The highest BCUT2D eigenvalue weighted by Gasteiger charge is 2.28. The lowest BCUT2D eigenvalue weighted by atomic mass is 10.2. The zero-order chi connectivity index (χ0) is 13.6. The number of aromatic amines is 1. The molecule has 1 aliphatic heterocycles. The minimum atomic E-state index is -0.0568. The molecule has 1 saturated heterocycles. The quantitative estimate of drug-likeness (QED) is 0.918. The van der Waals surface area contributed by atoms with Crippen molar-refractivity contribution in [3.05, 3.63) is 33.7 Å². The third-order valence-corrected chi connectivity index (χ3v) is 4.28. The minimum Gasteiger partial charge on any atom is -0.305 e. The van der Waals surface area contributed by atoms with Gasteiger partial charge < -0.3 is 4.98 Å². The largest absolute Gasteiger partial charge is 0.326 e. The van der Waals surface area contributed by atoms with Crippen LogP contribution in [0.25, 0.3) is 11.0 Å². The van der Waals surface area contributed by atoms with Crippen LogP contribution in [0.3, 0.4) is 0 Å². The van der Waals surface area contributed by atoms with Crippen molar-refractivity contribution in [1.82, 2.24) is 14.5 Å². The zero-order valence-electron chi connectivity index (χ0n) is 11.2. The summed E-state index contributed by atoms with van der Waals surface area (Å²) < 4.78 is 1.83. The molecule has 1 atom stereocenters. The second-order valence-corrected chi connectivity index (χ2v) is 5.87. The van der Waals surface area contributed by atoms with Gasteiger partial charge in [0.15, 0.2) is 0 Å². The third-order valence-electron chi connectivity index (χ3n) is 3.98. The zero-order valence-corrected chi connectivity index (χ0v) is 11.9. The Morgan fingerprint density at radius 1 is 1.42 bits per heavy atom. The van der Waals surface area contributed by atoms with Crippen molar-refractivity contribution in [3.63, 3.8) is 0 Å². The number of fused-ring (bicyclic) bond motifs is 1. The highest BCUT2D eigenvalue weighted by Crippen LogP contribution is 2.28. The molecule has 1 N–H and O–H groups in total. The first-order chi connectivity index (χ1) is 9.08. The van der Waals surface area contributed by atoms with Crippen LogP contribution in [0, 0.1) is 0 Å². The van der Waals surface area contributed by atoms with Crippen molar-refractivity contribution in [2.75, 3.05) is 13.1 Å². The van der Waals surface area contributed by atoms with Crippen molar-refractivity contribution < 1.29 is 0 Å². The Kier molecular flexibility index (Phi) is 3.15. The van der Waals surface area contributed by atoms with Crippen molar-refractivity contribution in [1.29, 1.82) is 0 Å². The molecule has 2 aromatic rings. The van der Waals surface area contributed by atoms with Crippen LogP contribution in [-0.4, -0.2) is 33.6 Å². The van der Waals surface area contributed by atoms with E-state index in [0.717, 1.165) is 30.5 Å². The fraction of sp³-hybridized carbons (Fsp3) is 0.500. The van der Waals surface area contributed by atoms with Crippen LogP contribution < -0.4 is 5.69 Å². The number of para-hydroxylation sites is 1. The smallest absolute Gasteiger partial charge is 0.305 e. The molecule has 0 spiro atoms. The molecule has 102 valence electrons. The summed E-state index contributed by atoms with van der Waals surface area (Å²) in [5.74, 6) is 0. The Labute approximate surface area is 117 Å². The van der Waals surface area contributed by atoms with E-state index in [1.165, 1.54) is 0 Å². The van der Waals surface area contributed by atoms with E-state index >= 15 is 0 Å². The van der Waals surface area contributed by atoms with Gasteiger partial charge >= 0.3 is 5.69 Å². The van der Waals surface area contributed by atoms with Crippen LogP contribution in [0.2, 0.25) is 5.02 Å². The number of nitrogens with one attached hydrogen (secondary N) is 1. The fourth-order valence-corrected chi connectivity index (χ4v) is 3.20. The fourth-order valence-electron chi connectivity index (χ4n) is 2.93. The summed E-state index contributed by atoms with van der Waals surface area (Å²) in [5, 5.41) is 0.638. The maximum atomic E-state index is 12.2. The van der Waals surface area contributed by atoms with E-state index in [0.29, 0.717) is 11.1 Å². The lowest BCUT2D eigenvalue weighted by Gasteiger charge is -2.20. The van der Waals surface area contributed by atoms with Gasteiger partial charge in [0.25, 0.3) is 0 Å². The van der Waals surface area contributed by atoms with Gasteiger partial charge in [0, 0.05) is 19.1 Å². The first kappa shape index (κ1) is 12.8. The lowest BCUT2D eigenvalue weighted by molar-refractivity contribution is 0.265. The number of aromatic nitrogens is 2. The van der Waals surface area contributed by atoms with E-state index in [4.69, 9.17) is 11.6 Å². The Bertz CT molecular complexity index is 658. The van der Waals surface area contributed by atoms with Gasteiger partial charge in [-0.2, -0.15) is 0 Å². The van der Waals surface area contributed by atoms with Crippen LogP contribution in [0.5, 0.6) is 0 Å². The summed E-state index contributed by atoms with van der Waals surface area (Å²) in [7, 11) is 0. The molecule has 0 radical (unpaired) electrons. The van der Waals surface area contributed by atoms with Gasteiger partial charge in [-0.3, -0.25) is 9.47 Å². The highest BCUT2D eigenvalue weighted by atomic mass is 35.5. The minimum absolute atomic E-state index is 0.0568. The van der Waals surface area contributed by atoms with Gasteiger partial charge in [0.1, 0.15) is 0 Å². The molecule has 19 heavy (non-hydrogen) atoms. The van der Waals surface area contributed by atoms with Crippen LogP contribution in [0.4, 0.5) is 0 Å². The number of hydrogen-bond acceptors (Lipinski definition) is 2. The number of imidazole rings is 1. The van der Waals surface area contributed by atoms with Gasteiger partial charge in [-0.25, -0.2) is 4.79 Å². The predicted molar refractivity (Wildman–Crippen MR) is 77.9 cm³/mol. The van der Waals surface area contributed by atoms with E-state index in [1.807, 2.05) is 22.8 Å². The molecule has 2 heterocycles. The Morgan fingerprint density at radius 2 is 2.21 bits per heavy atom. The monoisotopic (exact) mass is 279 g/mol. The second-order valence-electron chi connectivity index (χ2n) is 5.47. The average Bonchev–Trinajstić information content (AvgIpc) is 2.93. The Hall–Kier alpha value is -1.26. The maximum Gasteiger partial charge on any atom is 0.326 e. The Morgan fingerprint density at radius 3 is 2.89 bits per heavy atom. The second kappa shape index (κ2) is 4.69. The molecule has 1 fully saturated rings. The normalized spacial score (nSPS) is 20.7. The molecule has 0 aliphatic carbocycles. The number of rotatable bonds is 2. The summed E-state index contributed by atoms with van der Waals surface area (Å²) in [4.78, 5) is 17.5. The molecule has 0 amide bonds. The molecular weight excluding hydrogens is 262 g/mol. The summed E-state index contributed by atoms with van der Waals surface area (Å²) in [5.41, 5.74) is 1.60. The van der Waals surface area contributed by atoms with Gasteiger partial charge in [0.2, 0.25) is 0 Å². The highest BCUT2D eigenvalue weighted by molar-refractivity contribution is 6.34. The van der Waals surface area contributed by atoms with Gasteiger partial charge in [0.05, 0.1) is 22.1 Å². The van der Waals surface area contributed by atoms with E-state index in [-0.39, 0.29) is 11.7 Å². The average molecular weight is 280 g/mol. The molecule has 4 nitrogen and oxygen atoms in total. The SMILES string of the molecule is CC(C)N1CCC(n2c(=O)[nH]c3cccc(Cl)c32)C1. The topological polar surface area (TPSA) is 41.0 Å². The molecule has 5 heteroatoms. The van der Waals surface area contributed by atoms with Gasteiger partial charge in [-0.1, -0.05) is 17.7 Å². The van der Waals surface area contributed by atoms with E-state index in [9.17, 15) is 4.79 Å². The molecule has 3 rings (SSSR count). The van der Waals surface area contributed by atoms with Crippen molar-refractivity contribution >= 4 is 22.6 Å². The van der Waals surface area contributed by atoms with Crippen molar-refractivity contribution in [2.24, 2.45) is 0 Å². The van der Waals surface area contributed by atoms with Crippen LogP contribution in [0.15, 0.2) is 23.0 Å². The van der Waals surface area contributed by atoms with Crippen molar-refractivity contribution in [3.8, 4) is 0 Å².